The molecular formula is C29H24O10. The molecule has 0 bridgehead atoms. The van der Waals surface area contributed by atoms with E-state index in [1.54, 1.807) is 6.07 Å². The van der Waals surface area contributed by atoms with Crippen molar-refractivity contribution >= 4 is 17.5 Å². The van der Waals surface area contributed by atoms with Crippen LogP contribution in [0.15, 0.2) is 12.1 Å². The van der Waals surface area contributed by atoms with Gasteiger partial charge in [-0.15, -0.1) is 0 Å². The van der Waals surface area contributed by atoms with Gasteiger partial charge in [-0.25, -0.2) is 4.79 Å². The van der Waals surface area contributed by atoms with E-state index in [4.69, 9.17) is 14.2 Å². The number of rotatable bonds is 4. The molecular weight excluding hydrogens is 508 g/mol. The van der Waals surface area contributed by atoms with Crippen molar-refractivity contribution in [3.05, 3.63) is 62.2 Å². The largest absolute Gasteiger partial charge is 0.508 e. The van der Waals surface area contributed by atoms with Crippen LogP contribution >= 0.6 is 0 Å². The second-order valence-electron chi connectivity index (χ2n) is 9.77. The van der Waals surface area contributed by atoms with Crippen molar-refractivity contribution in [1.82, 2.24) is 0 Å². The van der Waals surface area contributed by atoms with Gasteiger partial charge in [0.15, 0.2) is 5.78 Å². The van der Waals surface area contributed by atoms with Crippen LogP contribution in [0, 0.1) is 6.92 Å². The molecule has 0 saturated carbocycles. The second-order valence-corrected chi connectivity index (χ2v) is 9.77. The third kappa shape index (κ3) is 3.15. The first-order valence-corrected chi connectivity index (χ1v) is 12.4. The minimum atomic E-state index is -0.976. The fourth-order valence-corrected chi connectivity index (χ4v) is 5.81. The van der Waals surface area contributed by atoms with Crippen LogP contribution in [-0.2, 0) is 22.3 Å². The molecule has 2 aliphatic carbocycles. The molecule has 200 valence electrons. The summed E-state index contributed by atoms with van der Waals surface area (Å²) in [6.45, 7) is 3.65. The van der Waals surface area contributed by atoms with Gasteiger partial charge < -0.3 is 34.6 Å². The molecule has 1 aliphatic heterocycles. The lowest BCUT2D eigenvalue weighted by molar-refractivity contribution is -0.103. The first-order chi connectivity index (χ1) is 18.6. The number of cyclic esters (lactones) is 1. The Morgan fingerprint density at radius 2 is 1.59 bits per heavy atom. The number of carbonyl (C=O) groups is 3. The SMILES string of the molecule is CCCOC1OC(=O)c2c1cc1c(c2O)-c2c(O)c3c(c(OC)c2CC1)C(=O)c1c(cc(O)c(C)c1O)C3=O. The number of esters is 1. The number of benzene rings is 3. The average Bonchev–Trinajstić information content (AvgIpc) is 3.23. The van der Waals surface area contributed by atoms with E-state index >= 15 is 0 Å². The second kappa shape index (κ2) is 8.47. The maximum absolute atomic E-state index is 13.7. The van der Waals surface area contributed by atoms with Crippen molar-refractivity contribution in [2.24, 2.45) is 0 Å². The molecule has 6 rings (SSSR count). The van der Waals surface area contributed by atoms with Gasteiger partial charge in [-0.2, -0.15) is 0 Å². The van der Waals surface area contributed by atoms with Crippen LogP contribution < -0.4 is 4.74 Å². The molecule has 1 unspecified atom stereocenters. The summed E-state index contributed by atoms with van der Waals surface area (Å²) < 4.78 is 16.6. The Kier molecular flexibility index (Phi) is 5.37. The fraction of sp³-hybridized carbons (Fsp3) is 0.276. The number of aryl methyl sites for hydroxylation is 1. The van der Waals surface area contributed by atoms with Crippen molar-refractivity contribution in [3.8, 4) is 39.9 Å². The molecule has 0 amide bonds. The van der Waals surface area contributed by atoms with Gasteiger partial charge in [0.2, 0.25) is 12.1 Å². The summed E-state index contributed by atoms with van der Waals surface area (Å²) in [5.74, 6) is -4.28. The highest BCUT2D eigenvalue weighted by atomic mass is 16.7. The number of fused-ring (bicyclic) bond motifs is 6. The monoisotopic (exact) mass is 532 g/mol. The van der Waals surface area contributed by atoms with Crippen LogP contribution in [0.5, 0.6) is 28.7 Å². The van der Waals surface area contributed by atoms with Crippen molar-refractivity contribution in [2.45, 2.75) is 39.4 Å². The van der Waals surface area contributed by atoms with E-state index in [2.05, 4.69) is 0 Å². The predicted octanol–water partition coefficient (Wildman–Crippen LogP) is 3.96. The lowest BCUT2D eigenvalue weighted by Crippen LogP contribution is -2.24. The number of hydrogen-bond acceptors (Lipinski definition) is 10. The molecule has 4 N–H and O–H groups in total. The van der Waals surface area contributed by atoms with Gasteiger partial charge in [0.25, 0.3) is 0 Å². The van der Waals surface area contributed by atoms with Crippen LogP contribution in [0.25, 0.3) is 11.1 Å². The van der Waals surface area contributed by atoms with Gasteiger partial charge in [-0.1, -0.05) is 6.92 Å². The Morgan fingerprint density at radius 1 is 0.872 bits per heavy atom. The van der Waals surface area contributed by atoms with E-state index in [0.717, 1.165) is 6.07 Å². The van der Waals surface area contributed by atoms with Gasteiger partial charge in [0.05, 0.1) is 30.4 Å². The van der Waals surface area contributed by atoms with E-state index in [0.29, 0.717) is 36.1 Å². The quantitative estimate of drug-likeness (QED) is 0.283. The zero-order chi connectivity index (χ0) is 27.9. The Balaban J connectivity index is 1.64. The zero-order valence-corrected chi connectivity index (χ0v) is 21.3. The number of hydrogen-bond donors (Lipinski definition) is 4. The third-order valence-electron chi connectivity index (χ3n) is 7.64. The normalized spacial score (nSPS) is 16.7. The van der Waals surface area contributed by atoms with Crippen LogP contribution in [0.1, 0.15) is 84.1 Å². The first-order valence-electron chi connectivity index (χ1n) is 12.4. The van der Waals surface area contributed by atoms with E-state index in [1.165, 1.54) is 14.0 Å². The van der Waals surface area contributed by atoms with Crippen molar-refractivity contribution in [2.75, 3.05) is 13.7 Å². The van der Waals surface area contributed by atoms with Gasteiger partial charge >= 0.3 is 5.97 Å². The fourth-order valence-electron chi connectivity index (χ4n) is 5.81. The Morgan fingerprint density at radius 3 is 2.28 bits per heavy atom. The summed E-state index contributed by atoms with van der Waals surface area (Å²) in [7, 11) is 1.31. The van der Waals surface area contributed by atoms with Crippen molar-refractivity contribution < 1.29 is 49.0 Å². The van der Waals surface area contributed by atoms with Crippen LogP contribution in [0.3, 0.4) is 0 Å². The van der Waals surface area contributed by atoms with E-state index in [1.807, 2.05) is 6.92 Å². The Bertz CT molecular complexity index is 1670. The Labute approximate surface area is 222 Å². The van der Waals surface area contributed by atoms with Gasteiger partial charge in [0, 0.05) is 33.4 Å². The molecule has 0 radical (unpaired) electrons. The number of methoxy groups -OCH3 is 1. The molecule has 0 aromatic heterocycles. The smallest absolute Gasteiger partial charge is 0.345 e. The molecule has 0 spiro atoms. The molecule has 0 saturated heterocycles. The summed E-state index contributed by atoms with van der Waals surface area (Å²) in [5, 5.41) is 43.8. The molecule has 10 heteroatoms. The minimum absolute atomic E-state index is 0.0178. The number of aromatic hydroxyl groups is 4. The number of phenolic OH excluding ortho intramolecular Hbond substituents is 4. The van der Waals surface area contributed by atoms with Gasteiger partial charge in [0.1, 0.15) is 34.3 Å². The molecule has 3 aromatic rings. The average molecular weight is 533 g/mol. The lowest BCUT2D eigenvalue weighted by atomic mass is 9.75. The zero-order valence-electron chi connectivity index (χ0n) is 21.3. The highest BCUT2D eigenvalue weighted by Gasteiger charge is 2.44. The molecule has 1 heterocycles. The number of carbonyl (C=O) groups excluding carboxylic acids is 3. The Hall–Kier alpha value is -4.57. The number of phenols is 4. The molecule has 1 atom stereocenters. The van der Waals surface area contributed by atoms with Gasteiger partial charge in [-0.05, 0) is 43.9 Å². The summed E-state index contributed by atoms with van der Waals surface area (Å²) in [6.07, 6.45) is 0.339. The molecule has 3 aliphatic rings. The number of ether oxygens (including phenoxy) is 3. The molecule has 10 nitrogen and oxygen atoms in total. The highest BCUT2D eigenvalue weighted by molar-refractivity contribution is 6.32. The van der Waals surface area contributed by atoms with E-state index in [9.17, 15) is 34.8 Å². The summed E-state index contributed by atoms with van der Waals surface area (Å²) in [4.78, 5) is 40.1. The lowest BCUT2D eigenvalue weighted by Gasteiger charge is -2.30. The van der Waals surface area contributed by atoms with E-state index in [-0.39, 0.29) is 56.7 Å². The van der Waals surface area contributed by atoms with Gasteiger partial charge in [-0.3, -0.25) is 9.59 Å². The van der Waals surface area contributed by atoms with Crippen LogP contribution in [0.2, 0.25) is 0 Å². The third-order valence-corrected chi connectivity index (χ3v) is 7.64. The number of ketones is 2. The highest BCUT2D eigenvalue weighted by Crippen LogP contribution is 2.55. The maximum atomic E-state index is 13.7. The molecule has 0 fully saturated rings. The molecule has 39 heavy (non-hydrogen) atoms. The van der Waals surface area contributed by atoms with Crippen LogP contribution in [0.4, 0.5) is 0 Å². The maximum Gasteiger partial charge on any atom is 0.345 e. The minimum Gasteiger partial charge on any atom is -0.508 e. The summed E-state index contributed by atoms with van der Waals surface area (Å²) in [5.41, 5.74) is 0.258. The molecule has 3 aromatic carbocycles. The summed E-state index contributed by atoms with van der Waals surface area (Å²) in [6, 6.07) is 2.76. The first kappa shape index (κ1) is 24.7. The standard InChI is InChI=1S/C29H24O10/c1-4-7-38-29-14-8-11-5-6-12-17(16(11)24(33)19(14)28(36)39-29)25(34)20-21(27(12)37-3)26(35)18-13(23(20)32)9-15(30)10(2)22(18)31/h8-9,29-31,33-34H,4-7H2,1-3H3. The van der Waals surface area contributed by atoms with E-state index < -0.39 is 46.8 Å². The van der Waals surface area contributed by atoms with Crippen LogP contribution in [-0.4, -0.2) is 51.7 Å². The topological polar surface area (TPSA) is 160 Å². The van der Waals surface area contributed by atoms with Crippen molar-refractivity contribution in [3.63, 3.8) is 0 Å². The summed E-state index contributed by atoms with van der Waals surface area (Å²) >= 11 is 0. The predicted molar refractivity (Wildman–Crippen MR) is 135 cm³/mol. The van der Waals surface area contributed by atoms with Crippen molar-refractivity contribution in [1.29, 1.82) is 0 Å².